The maximum atomic E-state index is 12.0. The van der Waals surface area contributed by atoms with E-state index >= 15 is 0 Å². The Balaban J connectivity index is 1.56. The molecule has 1 atom stereocenters. The van der Waals surface area contributed by atoms with Gasteiger partial charge in [-0.15, -0.1) is 5.10 Å². The van der Waals surface area contributed by atoms with E-state index in [9.17, 15) is 4.79 Å². The first kappa shape index (κ1) is 14.5. The van der Waals surface area contributed by atoms with E-state index < -0.39 is 0 Å². The summed E-state index contributed by atoms with van der Waals surface area (Å²) >= 11 is 0. The van der Waals surface area contributed by atoms with E-state index in [0.29, 0.717) is 12.5 Å². The van der Waals surface area contributed by atoms with E-state index in [1.807, 2.05) is 24.3 Å². The van der Waals surface area contributed by atoms with E-state index in [0.717, 1.165) is 24.2 Å². The zero-order valence-electron chi connectivity index (χ0n) is 12.2. The van der Waals surface area contributed by atoms with Crippen molar-refractivity contribution in [3.63, 3.8) is 0 Å². The van der Waals surface area contributed by atoms with Gasteiger partial charge in [0.1, 0.15) is 11.9 Å². The largest absolute Gasteiger partial charge is 0.497 e. The third-order valence-corrected chi connectivity index (χ3v) is 3.42. The quantitative estimate of drug-likeness (QED) is 0.910. The Morgan fingerprint density at radius 2 is 2.18 bits per heavy atom. The van der Waals surface area contributed by atoms with Gasteiger partial charge in [-0.05, 0) is 30.5 Å². The number of hydrogen-bond donors (Lipinski definition) is 1. The molecule has 1 aromatic carbocycles. The molecule has 1 aromatic heterocycles. The van der Waals surface area contributed by atoms with E-state index in [2.05, 4.69) is 15.5 Å². The zero-order chi connectivity index (χ0) is 15.4. The Morgan fingerprint density at radius 3 is 2.86 bits per heavy atom. The lowest BCUT2D eigenvalue weighted by Gasteiger charge is -2.03. The molecule has 3 rings (SSSR count). The van der Waals surface area contributed by atoms with Gasteiger partial charge in [-0.25, -0.2) is 0 Å². The van der Waals surface area contributed by atoms with Gasteiger partial charge in [0.25, 0.3) is 0 Å². The maximum absolute atomic E-state index is 12.0. The van der Waals surface area contributed by atoms with Crippen LogP contribution in [0, 0.1) is 0 Å². The van der Waals surface area contributed by atoms with Crippen molar-refractivity contribution < 1.29 is 18.7 Å². The number of methoxy groups -OCH3 is 1. The van der Waals surface area contributed by atoms with Crippen LogP contribution in [0.3, 0.4) is 0 Å². The number of aromatic nitrogens is 2. The minimum atomic E-state index is -0.215. The molecule has 0 spiro atoms. The number of nitrogens with zero attached hydrogens (tertiary/aromatic N) is 2. The second-order valence-electron chi connectivity index (χ2n) is 5.02. The first-order valence-electron chi connectivity index (χ1n) is 7.12. The molecule has 0 radical (unpaired) electrons. The molecule has 0 aliphatic carbocycles. The molecule has 2 aromatic rings. The van der Waals surface area contributed by atoms with Crippen molar-refractivity contribution in [2.75, 3.05) is 19.0 Å². The fraction of sp³-hybridized carbons (Fsp3) is 0.400. The van der Waals surface area contributed by atoms with Gasteiger partial charge in [0.2, 0.25) is 11.8 Å². The highest BCUT2D eigenvalue weighted by molar-refractivity contribution is 5.90. The molecule has 1 saturated heterocycles. The standard InChI is InChI=1S/C15H17N3O4/c1-20-11-6-4-10(5-7-11)9-13(19)16-15-18-17-14(22-15)12-3-2-8-21-12/h4-7,12H,2-3,8-9H2,1H3,(H,16,18,19). The molecule has 22 heavy (non-hydrogen) atoms. The minimum Gasteiger partial charge on any atom is -0.497 e. The van der Waals surface area contributed by atoms with Gasteiger partial charge < -0.3 is 13.9 Å². The lowest BCUT2D eigenvalue weighted by atomic mass is 10.1. The summed E-state index contributed by atoms with van der Waals surface area (Å²) in [5.41, 5.74) is 0.872. The monoisotopic (exact) mass is 303 g/mol. The molecule has 1 aliphatic rings. The lowest BCUT2D eigenvalue weighted by molar-refractivity contribution is -0.115. The van der Waals surface area contributed by atoms with Gasteiger partial charge in [-0.3, -0.25) is 10.1 Å². The van der Waals surface area contributed by atoms with Crippen LogP contribution in [0.5, 0.6) is 5.75 Å². The highest BCUT2D eigenvalue weighted by Gasteiger charge is 2.24. The van der Waals surface area contributed by atoms with Gasteiger partial charge in [-0.1, -0.05) is 17.2 Å². The van der Waals surface area contributed by atoms with Crippen molar-refractivity contribution in [3.8, 4) is 5.75 Å². The topological polar surface area (TPSA) is 86.5 Å². The zero-order valence-corrected chi connectivity index (χ0v) is 12.2. The second-order valence-corrected chi connectivity index (χ2v) is 5.02. The number of carbonyl (C=O) groups is 1. The molecular formula is C15H17N3O4. The summed E-state index contributed by atoms with van der Waals surface area (Å²) in [4.78, 5) is 12.0. The molecule has 1 N–H and O–H groups in total. The van der Waals surface area contributed by atoms with E-state index in [4.69, 9.17) is 13.9 Å². The van der Waals surface area contributed by atoms with Gasteiger partial charge in [0, 0.05) is 6.61 Å². The smallest absolute Gasteiger partial charge is 0.322 e. The number of benzene rings is 1. The van der Waals surface area contributed by atoms with Gasteiger partial charge >= 0.3 is 6.01 Å². The van der Waals surface area contributed by atoms with Crippen molar-refractivity contribution >= 4 is 11.9 Å². The number of nitrogens with one attached hydrogen (secondary N) is 1. The SMILES string of the molecule is COc1ccc(CC(=O)Nc2nnc(C3CCCO3)o2)cc1. The van der Waals surface area contributed by atoms with Crippen LogP contribution in [0.15, 0.2) is 28.7 Å². The molecule has 2 heterocycles. The number of ether oxygens (including phenoxy) is 2. The highest BCUT2D eigenvalue weighted by atomic mass is 16.5. The molecule has 7 heteroatoms. The van der Waals surface area contributed by atoms with Gasteiger partial charge in [-0.2, -0.15) is 0 Å². The first-order chi connectivity index (χ1) is 10.7. The Kier molecular flexibility index (Phi) is 4.34. The van der Waals surface area contributed by atoms with Crippen LogP contribution < -0.4 is 10.1 Å². The predicted molar refractivity (Wildman–Crippen MR) is 77.6 cm³/mol. The normalized spacial score (nSPS) is 17.4. The van der Waals surface area contributed by atoms with Crippen molar-refractivity contribution in [1.29, 1.82) is 0 Å². The van der Waals surface area contributed by atoms with Gasteiger partial charge in [0.05, 0.1) is 13.5 Å². The average molecular weight is 303 g/mol. The molecule has 1 aliphatic heterocycles. The number of carbonyl (C=O) groups excluding carboxylic acids is 1. The molecule has 0 saturated carbocycles. The van der Waals surface area contributed by atoms with Crippen LogP contribution >= 0.6 is 0 Å². The van der Waals surface area contributed by atoms with Crippen molar-refractivity contribution in [1.82, 2.24) is 10.2 Å². The van der Waals surface area contributed by atoms with E-state index in [1.54, 1.807) is 7.11 Å². The molecule has 116 valence electrons. The van der Waals surface area contributed by atoms with Crippen LogP contribution in [0.4, 0.5) is 6.01 Å². The van der Waals surface area contributed by atoms with E-state index in [1.165, 1.54) is 0 Å². The first-order valence-corrected chi connectivity index (χ1v) is 7.12. The van der Waals surface area contributed by atoms with Crippen molar-refractivity contribution in [3.05, 3.63) is 35.7 Å². The Bertz CT molecular complexity index is 632. The summed E-state index contributed by atoms with van der Waals surface area (Å²) in [5.74, 6) is 0.951. The summed E-state index contributed by atoms with van der Waals surface area (Å²) in [6.45, 7) is 0.701. The lowest BCUT2D eigenvalue weighted by Crippen LogP contribution is -2.14. The Hall–Kier alpha value is -2.41. The van der Waals surface area contributed by atoms with Crippen LogP contribution in [-0.2, 0) is 16.0 Å². The summed E-state index contributed by atoms with van der Waals surface area (Å²) in [6.07, 6.45) is 1.91. The maximum Gasteiger partial charge on any atom is 0.322 e. The number of rotatable bonds is 5. The van der Waals surface area contributed by atoms with Crippen molar-refractivity contribution in [2.45, 2.75) is 25.4 Å². The van der Waals surface area contributed by atoms with E-state index in [-0.39, 0.29) is 24.4 Å². The molecule has 0 bridgehead atoms. The average Bonchev–Trinajstić information content (AvgIpc) is 3.19. The summed E-state index contributed by atoms with van der Waals surface area (Å²) < 4.78 is 15.9. The number of anilines is 1. The molecular weight excluding hydrogens is 286 g/mol. The Morgan fingerprint density at radius 1 is 1.36 bits per heavy atom. The second kappa shape index (κ2) is 6.57. The summed E-state index contributed by atoms with van der Waals surface area (Å²) in [6, 6.07) is 7.40. The minimum absolute atomic E-state index is 0.101. The van der Waals surface area contributed by atoms with Crippen LogP contribution in [0.25, 0.3) is 0 Å². The fourth-order valence-electron chi connectivity index (χ4n) is 2.28. The Labute approximate surface area is 127 Å². The molecule has 1 unspecified atom stereocenters. The van der Waals surface area contributed by atoms with Crippen LogP contribution in [0.2, 0.25) is 0 Å². The summed E-state index contributed by atoms with van der Waals surface area (Å²) in [5, 5.41) is 10.3. The summed E-state index contributed by atoms with van der Waals surface area (Å²) in [7, 11) is 1.60. The van der Waals surface area contributed by atoms with Gasteiger partial charge in [0.15, 0.2) is 0 Å². The van der Waals surface area contributed by atoms with Crippen LogP contribution in [0.1, 0.15) is 30.4 Å². The molecule has 1 fully saturated rings. The third kappa shape index (κ3) is 3.43. The molecule has 7 nitrogen and oxygen atoms in total. The predicted octanol–water partition coefficient (Wildman–Crippen LogP) is 2.11. The number of amides is 1. The van der Waals surface area contributed by atoms with Crippen LogP contribution in [-0.4, -0.2) is 29.8 Å². The highest BCUT2D eigenvalue weighted by Crippen LogP contribution is 2.28. The van der Waals surface area contributed by atoms with Crippen molar-refractivity contribution in [2.24, 2.45) is 0 Å². The molecule has 1 amide bonds. The number of hydrogen-bond acceptors (Lipinski definition) is 6. The fourth-order valence-corrected chi connectivity index (χ4v) is 2.28. The third-order valence-electron chi connectivity index (χ3n) is 3.42.